The maximum atomic E-state index is 4.83. The zero-order valence-corrected chi connectivity index (χ0v) is 12.6. The van der Waals surface area contributed by atoms with Gasteiger partial charge >= 0.3 is 0 Å². The van der Waals surface area contributed by atoms with Crippen molar-refractivity contribution in [1.82, 2.24) is 10.3 Å². The molecule has 0 saturated heterocycles. The highest BCUT2D eigenvalue weighted by atomic mass is 32.1. The molecule has 1 aromatic rings. The van der Waals surface area contributed by atoms with Crippen molar-refractivity contribution >= 4 is 16.5 Å². The first kappa shape index (κ1) is 13.8. The molecule has 1 N–H and O–H groups in total. The minimum absolute atomic E-state index is 0.706. The Balaban J connectivity index is 2.11. The molecule has 1 aliphatic rings. The summed E-state index contributed by atoms with van der Waals surface area (Å²) in [6.07, 6.45) is 7.87. The summed E-state index contributed by atoms with van der Waals surface area (Å²) in [5.41, 5.74) is 1.27. The molecule has 2 rings (SSSR count). The molecule has 0 radical (unpaired) electrons. The summed E-state index contributed by atoms with van der Waals surface area (Å²) >= 11 is 1.86. The first-order valence-electron chi connectivity index (χ1n) is 7.12. The summed E-state index contributed by atoms with van der Waals surface area (Å²) in [6, 6.07) is 0.706. The number of nitrogens with zero attached hydrogens (tertiary/aromatic N) is 2. The highest BCUT2D eigenvalue weighted by Crippen LogP contribution is 2.31. The fraction of sp³-hybridized carbons (Fsp3) is 0.786. The van der Waals surface area contributed by atoms with Gasteiger partial charge in [0.25, 0.3) is 0 Å². The van der Waals surface area contributed by atoms with E-state index in [4.69, 9.17) is 4.98 Å². The Morgan fingerprint density at radius 3 is 2.67 bits per heavy atom. The number of rotatable bonds is 5. The molecular formula is C14H25N3S. The molecule has 18 heavy (non-hydrogen) atoms. The number of hydrogen-bond acceptors (Lipinski definition) is 4. The second-order valence-electron chi connectivity index (χ2n) is 5.15. The van der Waals surface area contributed by atoms with Gasteiger partial charge in [-0.15, -0.1) is 11.3 Å². The highest BCUT2D eigenvalue weighted by molar-refractivity contribution is 7.15. The van der Waals surface area contributed by atoms with Gasteiger partial charge in [-0.1, -0.05) is 26.2 Å². The van der Waals surface area contributed by atoms with Crippen molar-refractivity contribution < 1.29 is 0 Å². The van der Waals surface area contributed by atoms with E-state index in [1.165, 1.54) is 47.8 Å². The normalized spacial score (nSPS) is 17.1. The van der Waals surface area contributed by atoms with Gasteiger partial charge in [0, 0.05) is 24.5 Å². The molecule has 0 aliphatic heterocycles. The molecule has 1 fully saturated rings. The summed E-state index contributed by atoms with van der Waals surface area (Å²) < 4.78 is 0. The largest absolute Gasteiger partial charge is 0.348 e. The lowest BCUT2D eigenvalue weighted by molar-refractivity contribution is 0.427. The minimum Gasteiger partial charge on any atom is -0.348 e. The van der Waals surface area contributed by atoms with Crippen LogP contribution in [-0.2, 0) is 13.0 Å². The van der Waals surface area contributed by atoms with Crippen LogP contribution >= 0.6 is 11.3 Å². The smallest absolute Gasteiger partial charge is 0.185 e. The van der Waals surface area contributed by atoms with Crippen LogP contribution in [-0.4, -0.2) is 25.1 Å². The minimum atomic E-state index is 0.706. The molecule has 0 spiro atoms. The van der Waals surface area contributed by atoms with Crippen molar-refractivity contribution in [1.29, 1.82) is 0 Å². The standard InChI is InChI=1S/C14H25N3S/c1-4-12-13(10-15-2)18-14(16-12)17(3)11-8-6-5-7-9-11/h11,15H,4-10H2,1-3H3. The van der Waals surface area contributed by atoms with Crippen LogP contribution < -0.4 is 10.2 Å². The molecule has 4 heteroatoms. The van der Waals surface area contributed by atoms with Gasteiger partial charge < -0.3 is 10.2 Å². The number of hydrogen-bond donors (Lipinski definition) is 1. The number of anilines is 1. The average molecular weight is 267 g/mol. The van der Waals surface area contributed by atoms with Crippen LogP contribution in [0.15, 0.2) is 0 Å². The average Bonchev–Trinajstić information content (AvgIpc) is 2.82. The van der Waals surface area contributed by atoms with E-state index in [1.54, 1.807) is 0 Å². The van der Waals surface area contributed by atoms with E-state index in [-0.39, 0.29) is 0 Å². The van der Waals surface area contributed by atoms with Crippen molar-refractivity contribution in [2.45, 2.75) is 58.0 Å². The monoisotopic (exact) mass is 267 g/mol. The second kappa shape index (κ2) is 6.53. The van der Waals surface area contributed by atoms with Gasteiger partial charge in [0.2, 0.25) is 0 Å². The summed E-state index contributed by atoms with van der Waals surface area (Å²) in [4.78, 5) is 8.65. The molecule has 0 unspecified atom stereocenters. The second-order valence-corrected chi connectivity index (χ2v) is 6.22. The molecule has 1 heterocycles. The molecule has 0 aromatic carbocycles. The Bertz CT molecular complexity index is 369. The Kier molecular flexibility index (Phi) is 5.01. The summed E-state index contributed by atoms with van der Waals surface area (Å²) in [5.74, 6) is 0. The molecule has 1 saturated carbocycles. The quantitative estimate of drug-likeness (QED) is 0.888. The van der Waals surface area contributed by atoms with Gasteiger partial charge in [0.15, 0.2) is 5.13 Å². The molecule has 102 valence electrons. The summed E-state index contributed by atoms with van der Waals surface area (Å²) in [5, 5.41) is 4.45. The molecule has 1 aliphatic carbocycles. The van der Waals surface area contributed by atoms with Crippen LogP contribution in [0.25, 0.3) is 0 Å². The molecule has 0 amide bonds. The van der Waals surface area contributed by atoms with Gasteiger partial charge in [-0.05, 0) is 26.3 Å². The van der Waals surface area contributed by atoms with E-state index in [0.717, 1.165) is 13.0 Å². The zero-order valence-electron chi connectivity index (χ0n) is 11.8. The third-order valence-electron chi connectivity index (χ3n) is 3.86. The molecule has 3 nitrogen and oxygen atoms in total. The van der Waals surface area contributed by atoms with Gasteiger partial charge in [0.1, 0.15) is 0 Å². The van der Waals surface area contributed by atoms with E-state index in [2.05, 4.69) is 24.2 Å². The van der Waals surface area contributed by atoms with Crippen molar-refractivity contribution in [3.63, 3.8) is 0 Å². The number of nitrogens with one attached hydrogen (secondary N) is 1. The SMILES string of the molecule is CCc1nc(N(C)C2CCCCC2)sc1CNC. The molecular weight excluding hydrogens is 242 g/mol. The number of thiazole rings is 1. The van der Waals surface area contributed by atoms with Crippen LogP contribution in [0, 0.1) is 0 Å². The van der Waals surface area contributed by atoms with Crippen LogP contribution in [0.2, 0.25) is 0 Å². The third kappa shape index (κ3) is 3.04. The van der Waals surface area contributed by atoms with Gasteiger partial charge in [-0.2, -0.15) is 0 Å². The summed E-state index contributed by atoms with van der Waals surface area (Å²) in [7, 11) is 4.22. The van der Waals surface area contributed by atoms with E-state index in [1.807, 2.05) is 18.4 Å². The Labute approximate surface area is 115 Å². The Morgan fingerprint density at radius 2 is 2.06 bits per heavy atom. The lowest BCUT2D eigenvalue weighted by Crippen LogP contribution is -2.33. The first-order valence-corrected chi connectivity index (χ1v) is 7.94. The van der Waals surface area contributed by atoms with Crippen LogP contribution in [0.5, 0.6) is 0 Å². The van der Waals surface area contributed by atoms with Crippen LogP contribution in [0.3, 0.4) is 0 Å². The fourth-order valence-electron chi connectivity index (χ4n) is 2.72. The number of aryl methyl sites for hydroxylation is 1. The molecule has 0 atom stereocenters. The maximum Gasteiger partial charge on any atom is 0.185 e. The van der Waals surface area contributed by atoms with Crippen molar-refractivity contribution in [2.24, 2.45) is 0 Å². The lowest BCUT2D eigenvalue weighted by Gasteiger charge is -2.30. The first-order chi connectivity index (χ1) is 8.76. The predicted octanol–water partition coefficient (Wildman–Crippen LogP) is 3.19. The topological polar surface area (TPSA) is 28.2 Å². The Hall–Kier alpha value is -0.610. The van der Waals surface area contributed by atoms with Crippen molar-refractivity contribution in [2.75, 3.05) is 19.0 Å². The highest BCUT2D eigenvalue weighted by Gasteiger charge is 2.21. The predicted molar refractivity (Wildman–Crippen MR) is 79.5 cm³/mol. The van der Waals surface area contributed by atoms with E-state index in [0.29, 0.717) is 6.04 Å². The van der Waals surface area contributed by atoms with Crippen molar-refractivity contribution in [3.05, 3.63) is 10.6 Å². The number of aromatic nitrogens is 1. The summed E-state index contributed by atoms with van der Waals surface area (Å²) in [6.45, 7) is 3.14. The zero-order chi connectivity index (χ0) is 13.0. The molecule has 0 bridgehead atoms. The Morgan fingerprint density at radius 1 is 1.33 bits per heavy atom. The molecule has 1 aromatic heterocycles. The van der Waals surface area contributed by atoms with Gasteiger partial charge in [-0.3, -0.25) is 0 Å². The van der Waals surface area contributed by atoms with E-state index < -0.39 is 0 Å². The van der Waals surface area contributed by atoms with Gasteiger partial charge in [0.05, 0.1) is 5.69 Å². The van der Waals surface area contributed by atoms with Crippen LogP contribution in [0.1, 0.15) is 49.6 Å². The van der Waals surface area contributed by atoms with Crippen molar-refractivity contribution in [3.8, 4) is 0 Å². The maximum absolute atomic E-state index is 4.83. The van der Waals surface area contributed by atoms with E-state index >= 15 is 0 Å². The fourth-order valence-corrected chi connectivity index (χ4v) is 3.91. The van der Waals surface area contributed by atoms with Gasteiger partial charge in [-0.25, -0.2) is 4.98 Å². The third-order valence-corrected chi connectivity index (χ3v) is 5.05. The van der Waals surface area contributed by atoms with E-state index in [9.17, 15) is 0 Å². The lowest BCUT2D eigenvalue weighted by atomic mass is 9.95. The van der Waals surface area contributed by atoms with Crippen LogP contribution in [0.4, 0.5) is 5.13 Å².